The molecule has 1 aliphatic rings. The molecular formula is C27H37FO3. The van der Waals surface area contributed by atoms with Gasteiger partial charge >= 0.3 is 0 Å². The minimum atomic E-state index is -0.942. The molecule has 1 N–H and O–H groups in total. The van der Waals surface area contributed by atoms with Crippen LogP contribution in [0.25, 0.3) is 11.1 Å². The van der Waals surface area contributed by atoms with Crippen LogP contribution in [0, 0.1) is 19.7 Å². The highest BCUT2D eigenvalue weighted by Gasteiger charge is 2.36. The highest BCUT2D eigenvalue weighted by Crippen LogP contribution is 2.46. The lowest BCUT2D eigenvalue weighted by atomic mass is 9.84. The number of rotatable bonds is 10. The topological polar surface area (TPSA) is 38.7 Å². The van der Waals surface area contributed by atoms with E-state index in [1.807, 2.05) is 32.0 Å². The molecule has 170 valence electrons. The maximum Gasteiger partial charge on any atom is 0.134 e. The van der Waals surface area contributed by atoms with Gasteiger partial charge in [-0.05, 0) is 80.0 Å². The Bertz CT molecular complexity index is 885. The first-order chi connectivity index (χ1) is 14.9. The summed E-state index contributed by atoms with van der Waals surface area (Å²) < 4.78 is 27.1. The Hall–Kier alpha value is -2.07. The third kappa shape index (κ3) is 5.41. The number of ether oxygens (including phenoxy) is 2. The highest BCUT2D eigenvalue weighted by atomic mass is 19.1. The highest BCUT2D eigenvalue weighted by molar-refractivity contribution is 5.73. The molecule has 3 nitrogen and oxygen atoms in total. The summed E-state index contributed by atoms with van der Waals surface area (Å²) >= 11 is 0. The van der Waals surface area contributed by atoms with Gasteiger partial charge in [-0.1, -0.05) is 39.5 Å². The van der Waals surface area contributed by atoms with E-state index < -0.39 is 5.60 Å². The Morgan fingerprint density at radius 2 is 1.35 bits per heavy atom. The normalized spacial score (nSPS) is 15.3. The largest absolute Gasteiger partial charge is 0.493 e. The van der Waals surface area contributed by atoms with Gasteiger partial charge < -0.3 is 14.6 Å². The monoisotopic (exact) mass is 428 g/mol. The number of aryl methyl sites for hydroxylation is 2. The predicted octanol–water partition coefficient (Wildman–Crippen LogP) is 7.23. The molecule has 1 fully saturated rings. The second-order valence-electron chi connectivity index (χ2n) is 8.90. The molecule has 0 atom stereocenters. The molecule has 31 heavy (non-hydrogen) atoms. The van der Waals surface area contributed by atoms with Crippen LogP contribution in [0.1, 0.15) is 81.9 Å². The van der Waals surface area contributed by atoms with Crippen LogP contribution in [0.15, 0.2) is 24.3 Å². The molecule has 4 heteroatoms. The fourth-order valence-electron chi connectivity index (χ4n) is 4.36. The average Bonchev–Trinajstić information content (AvgIpc) is 3.19. The maximum atomic E-state index is 15.3. The summed E-state index contributed by atoms with van der Waals surface area (Å²) in [6, 6.07) is 7.27. The minimum Gasteiger partial charge on any atom is -0.493 e. The molecule has 0 spiro atoms. The first kappa shape index (κ1) is 23.6. The van der Waals surface area contributed by atoms with Gasteiger partial charge in [-0.25, -0.2) is 4.39 Å². The van der Waals surface area contributed by atoms with E-state index in [2.05, 4.69) is 13.8 Å². The van der Waals surface area contributed by atoms with E-state index in [1.165, 1.54) is 6.07 Å². The van der Waals surface area contributed by atoms with E-state index in [-0.39, 0.29) is 5.82 Å². The summed E-state index contributed by atoms with van der Waals surface area (Å²) in [5.41, 5.74) is 2.96. The summed E-state index contributed by atoms with van der Waals surface area (Å²) in [7, 11) is 0. The van der Waals surface area contributed by atoms with Crippen molar-refractivity contribution in [2.75, 3.05) is 13.2 Å². The lowest BCUT2D eigenvalue weighted by Crippen LogP contribution is -2.22. The molecule has 3 rings (SSSR count). The lowest BCUT2D eigenvalue weighted by Gasteiger charge is -2.28. The fraction of sp³-hybridized carbons (Fsp3) is 0.556. The zero-order valence-electron chi connectivity index (χ0n) is 19.5. The second-order valence-corrected chi connectivity index (χ2v) is 8.90. The summed E-state index contributed by atoms with van der Waals surface area (Å²) in [6.45, 7) is 9.40. The molecule has 0 aromatic heterocycles. The molecular weight excluding hydrogens is 391 g/mol. The molecule has 0 amide bonds. The Balaban J connectivity index is 2.05. The van der Waals surface area contributed by atoms with Gasteiger partial charge in [-0.15, -0.1) is 0 Å². The van der Waals surface area contributed by atoms with Gasteiger partial charge in [0.25, 0.3) is 0 Å². The van der Waals surface area contributed by atoms with Gasteiger partial charge in [0.05, 0.1) is 18.8 Å². The zero-order chi connectivity index (χ0) is 22.4. The van der Waals surface area contributed by atoms with Crippen LogP contribution < -0.4 is 9.47 Å². The third-order valence-electron chi connectivity index (χ3n) is 6.31. The van der Waals surface area contributed by atoms with Crippen molar-refractivity contribution in [1.82, 2.24) is 0 Å². The average molecular weight is 429 g/mol. The van der Waals surface area contributed by atoms with Gasteiger partial charge in [0.2, 0.25) is 0 Å². The van der Waals surface area contributed by atoms with Crippen LogP contribution in [0.2, 0.25) is 0 Å². The molecule has 2 aromatic carbocycles. The van der Waals surface area contributed by atoms with E-state index >= 15 is 4.39 Å². The summed E-state index contributed by atoms with van der Waals surface area (Å²) in [5.74, 6) is 1.05. The van der Waals surface area contributed by atoms with Gasteiger partial charge in [0.15, 0.2) is 0 Å². The number of halogens is 1. The Morgan fingerprint density at radius 1 is 0.839 bits per heavy atom. The van der Waals surface area contributed by atoms with Crippen LogP contribution in [0.5, 0.6) is 11.5 Å². The molecule has 0 heterocycles. The Labute approximate surface area is 186 Å². The standard InChI is InChI=1S/C27H37FO3/c1-5-7-13-30-25-17-23(27(29)11-9-10-12-27)21(15-19(25)3)22-16-20(4)26(18-24(22)28)31-14-8-6-2/h15-18,29H,5-14H2,1-4H3. The predicted molar refractivity (Wildman–Crippen MR) is 124 cm³/mol. The molecule has 0 bridgehead atoms. The van der Waals surface area contributed by atoms with Crippen molar-refractivity contribution >= 4 is 0 Å². The van der Waals surface area contributed by atoms with Crippen LogP contribution in [-0.4, -0.2) is 18.3 Å². The maximum absolute atomic E-state index is 15.3. The third-order valence-corrected chi connectivity index (χ3v) is 6.31. The van der Waals surface area contributed by atoms with Gasteiger partial charge in [-0.2, -0.15) is 0 Å². The summed E-state index contributed by atoms with van der Waals surface area (Å²) in [5, 5.41) is 11.4. The Kier molecular flexibility index (Phi) is 7.99. The van der Waals surface area contributed by atoms with Crippen molar-refractivity contribution in [3.63, 3.8) is 0 Å². The van der Waals surface area contributed by atoms with Gasteiger partial charge in [0, 0.05) is 11.6 Å². The van der Waals surface area contributed by atoms with Crippen molar-refractivity contribution < 1.29 is 19.0 Å². The fourth-order valence-corrected chi connectivity index (χ4v) is 4.36. The van der Waals surface area contributed by atoms with E-state index in [9.17, 15) is 5.11 Å². The van der Waals surface area contributed by atoms with Crippen molar-refractivity contribution in [2.24, 2.45) is 0 Å². The number of hydrogen-bond acceptors (Lipinski definition) is 3. The second kappa shape index (κ2) is 10.5. The summed E-state index contributed by atoms with van der Waals surface area (Å²) in [6.07, 6.45) is 7.35. The number of benzene rings is 2. The first-order valence-corrected chi connectivity index (χ1v) is 11.8. The van der Waals surface area contributed by atoms with Crippen LogP contribution in [0.3, 0.4) is 0 Å². The number of hydrogen-bond donors (Lipinski definition) is 1. The molecule has 0 saturated heterocycles. The zero-order valence-corrected chi connectivity index (χ0v) is 19.5. The van der Waals surface area contributed by atoms with E-state index in [1.54, 1.807) is 0 Å². The van der Waals surface area contributed by atoms with E-state index in [4.69, 9.17) is 9.47 Å². The van der Waals surface area contributed by atoms with Crippen molar-refractivity contribution in [3.05, 3.63) is 46.8 Å². The quantitative estimate of drug-likeness (QED) is 0.406. The SMILES string of the molecule is CCCCOc1cc(F)c(-c2cc(C)c(OCCCC)cc2C2(O)CCCC2)cc1C. The molecule has 0 unspecified atom stereocenters. The molecule has 1 aliphatic carbocycles. The number of unbranched alkanes of at least 4 members (excludes halogenated alkanes) is 2. The van der Waals surface area contributed by atoms with Gasteiger partial charge in [-0.3, -0.25) is 0 Å². The smallest absolute Gasteiger partial charge is 0.134 e. The number of aliphatic hydroxyl groups is 1. The van der Waals surface area contributed by atoms with Crippen LogP contribution >= 0.6 is 0 Å². The van der Waals surface area contributed by atoms with Crippen LogP contribution in [-0.2, 0) is 5.60 Å². The molecule has 0 aliphatic heterocycles. The van der Waals surface area contributed by atoms with E-state index in [0.717, 1.165) is 66.5 Å². The first-order valence-electron chi connectivity index (χ1n) is 11.8. The van der Waals surface area contributed by atoms with Crippen molar-refractivity contribution in [2.45, 2.75) is 84.7 Å². The molecule has 2 aromatic rings. The van der Waals surface area contributed by atoms with Crippen molar-refractivity contribution in [3.8, 4) is 22.6 Å². The minimum absolute atomic E-state index is 0.320. The Morgan fingerprint density at radius 3 is 1.90 bits per heavy atom. The molecule has 1 saturated carbocycles. The van der Waals surface area contributed by atoms with Gasteiger partial charge in [0.1, 0.15) is 17.3 Å². The van der Waals surface area contributed by atoms with Crippen molar-refractivity contribution in [1.29, 1.82) is 0 Å². The van der Waals surface area contributed by atoms with E-state index in [0.29, 0.717) is 37.4 Å². The lowest BCUT2D eigenvalue weighted by molar-refractivity contribution is 0.0447. The van der Waals surface area contributed by atoms with Crippen LogP contribution in [0.4, 0.5) is 4.39 Å². The molecule has 0 radical (unpaired) electrons. The summed E-state index contributed by atoms with van der Waals surface area (Å²) in [4.78, 5) is 0.